The van der Waals surface area contributed by atoms with E-state index >= 15 is 0 Å². The first-order valence-corrected chi connectivity index (χ1v) is 12.4. The fourth-order valence-corrected chi connectivity index (χ4v) is 4.88. The van der Waals surface area contributed by atoms with Crippen molar-refractivity contribution in [1.29, 1.82) is 5.26 Å². The number of hydrogen-bond acceptors (Lipinski definition) is 8. The molecular weight excluding hydrogens is 519 g/mol. The van der Waals surface area contributed by atoms with E-state index in [-0.39, 0.29) is 29.1 Å². The van der Waals surface area contributed by atoms with Crippen LogP contribution in [0.4, 0.5) is 18.9 Å². The zero-order valence-electron chi connectivity index (χ0n) is 20.9. The van der Waals surface area contributed by atoms with Crippen molar-refractivity contribution in [3.05, 3.63) is 30.4 Å². The molecule has 206 valence electrons. The zero-order valence-corrected chi connectivity index (χ0v) is 20.9. The molecule has 1 saturated carbocycles. The molecule has 3 aromatic rings. The van der Waals surface area contributed by atoms with Crippen molar-refractivity contribution in [2.75, 3.05) is 18.4 Å². The van der Waals surface area contributed by atoms with E-state index in [1.165, 1.54) is 29.3 Å². The molecule has 2 amide bonds. The number of nitriles is 1. The van der Waals surface area contributed by atoms with Crippen molar-refractivity contribution in [2.24, 2.45) is 17.1 Å². The number of fused-ring (bicyclic) bond motifs is 1. The van der Waals surface area contributed by atoms with Crippen LogP contribution in [-0.2, 0) is 11.3 Å². The van der Waals surface area contributed by atoms with Crippen LogP contribution in [0.15, 0.2) is 24.8 Å². The Balaban J connectivity index is 1.44. The number of anilines is 1. The van der Waals surface area contributed by atoms with Crippen LogP contribution in [-0.4, -0.2) is 77.6 Å². The van der Waals surface area contributed by atoms with E-state index in [1.807, 2.05) is 6.92 Å². The third kappa shape index (κ3) is 4.87. The number of nitrogens with one attached hydrogen (secondary N) is 1. The lowest BCUT2D eigenvalue weighted by Crippen LogP contribution is -2.36. The van der Waals surface area contributed by atoms with Gasteiger partial charge in [0.2, 0.25) is 5.91 Å². The van der Waals surface area contributed by atoms with Gasteiger partial charge in [0.1, 0.15) is 5.41 Å². The maximum Gasteiger partial charge on any atom is 0.416 e. The van der Waals surface area contributed by atoms with Crippen LogP contribution in [0, 0.1) is 22.7 Å². The fraction of sp³-hybridized carbons (Fsp3) is 0.500. The summed E-state index contributed by atoms with van der Waals surface area (Å²) in [6.45, 7) is 2.00. The molecule has 1 aliphatic heterocycles. The first-order chi connectivity index (χ1) is 18.5. The molecular formula is C24H26F3N9O3. The van der Waals surface area contributed by atoms with Crippen molar-refractivity contribution < 1.29 is 27.9 Å². The number of likely N-dealkylation sites (tertiary alicyclic amines) is 1. The Bertz CT molecular complexity index is 1470. The molecule has 3 aromatic heterocycles. The summed E-state index contributed by atoms with van der Waals surface area (Å²) in [7, 11) is 0. The predicted octanol–water partition coefficient (Wildman–Crippen LogP) is 1.57. The van der Waals surface area contributed by atoms with Crippen LogP contribution in [0.2, 0.25) is 0 Å². The number of carbonyl (C=O) groups excluding carboxylic acids is 2. The van der Waals surface area contributed by atoms with E-state index in [0.717, 1.165) is 11.1 Å². The molecule has 1 aliphatic carbocycles. The lowest BCUT2D eigenvalue weighted by Gasteiger charge is -2.21. The Kier molecular flexibility index (Phi) is 6.45. The molecule has 0 aromatic carbocycles. The van der Waals surface area contributed by atoms with E-state index in [4.69, 9.17) is 5.73 Å². The summed E-state index contributed by atoms with van der Waals surface area (Å²) in [4.78, 5) is 31.5. The third-order valence-electron chi connectivity index (χ3n) is 7.38. The van der Waals surface area contributed by atoms with Gasteiger partial charge in [-0.3, -0.25) is 14.3 Å². The Morgan fingerprint density at radius 2 is 2.03 bits per heavy atom. The lowest BCUT2D eigenvalue weighted by molar-refractivity contribution is -0.208. The SMILES string of the molecule is CC[C@H]1CN(C(=O)C2(C#N)CC2)C[C@H]1Nc1c(C(N)=O)cnn2cc(-c3cnn(CC(O)C(F)(F)F)c3)nc12. The topological polar surface area (TPSA) is 167 Å². The third-order valence-corrected chi connectivity index (χ3v) is 7.38. The molecule has 39 heavy (non-hydrogen) atoms. The zero-order chi connectivity index (χ0) is 28.1. The van der Waals surface area contributed by atoms with E-state index < -0.39 is 30.1 Å². The molecule has 15 heteroatoms. The van der Waals surface area contributed by atoms with E-state index in [1.54, 1.807) is 4.90 Å². The minimum atomic E-state index is -4.78. The van der Waals surface area contributed by atoms with Gasteiger partial charge in [0.05, 0.1) is 48.1 Å². The number of aliphatic hydroxyl groups excluding tert-OH is 1. The van der Waals surface area contributed by atoms with Crippen molar-refractivity contribution in [1.82, 2.24) is 29.3 Å². The summed E-state index contributed by atoms with van der Waals surface area (Å²) in [6.07, 6.45) is -0.0850. The normalized spacial score (nSPS) is 21.1. The second kappa shape index (κ2) is 9.53. The highest BCUT2D eigenvalue weighted by molar-refractivity contribution is 6.01. The number of nitrogens with zero attached hydrogens (tertiary/aromatic N) is 7. The molecule has 12 nitrogen and oxygen atoms in total. The number of nitrogens with two attached hydrogens (primary N) is 1. The highest BCUT2D eigenvalue weighted by Crippen LogP contribution is 2.47. The molecule has 4 N–H and O–H groups in total. The maximum absolute atomic E-state index is 13.0. The first kappa shape index (κ1) is 26.4. The molecule has 2 aliphatic rings. The largest absolute Gasteiger partial charge is 0.416 e. The van der Waals surface area contributed by atoms with Crippen molar-refractivity contribution in [3.8, 4) is 17.3 Å². The lowest BCUT2D eigenvalue weighted by atomic mass is 10.0. The standard InChI is InChI=1S/C24H26F3N9O3/c1-2-13-7-34(22(39)23(12-28)3-4-23)9-16(13)32-19-15(20(29)38)6-31-36-10-17(33-21(19)36)14-5-30-35(8-14)11-18(37)24(25,26)27/h5-6,8,10,13,16,18,32,37H,2-4,7,9,11H2,1H3,(H2,29,38)/t13-,16+,18?/m0/s1. The van der Waals surface area contributed by atoms with Gasteiger partial charge < -0.3 is 21.1 Å². The second-order valence-corrected chi connectivity index (χ2v) is 10.0. The van der Waals surface area contributed by atoms with Crippen LogP contribution in [0.1, 0.15) is 36.5 Å². The quantitative estimate of drug-likeness (QED) is 0.383. The van der Waals surface area contributed by atoms with Crippen LogP contribution in [0.5, 0.6) is 0 Å². The number of imidazole rings is 1. The number of primary amides is 1. The smallest absolute Gasteiger partial charge is 0.382 e. The van der Waals surface area contributed by atoms with Gasteiger partial charge in [-0.2, -0.15) is 28.6 Å². The number of alkyl halides is 3. The Hall–Kier alpha value is -4.19. The Labute approximate surface area is 220 Å². The van der Waals surface area contributed by atoms with Gasteiger partial charge in [-0.25, -0.2) is 9.50 Å². The Morgan fingerprint density at radius 3 is 2.64 bits per heavy atom. The van der Waals surface area contributed by atoms with Crippen molar-refractivity contribution in [3.63, 3.8) is 0 Å². The number of carbonyl (C=O) groups is 2. The van der Waals surface area contributed by atoms with Crippen LogP contribution < -0.4 is 11.1 Å². The molecule has 1 unspecified atom stereocenters. The molecule has 3 atom stereocenters. The average Bonchev–Trinajstić information content (AvgIpc) is 3.20. The monoisotopic (exact) mass is 545 g/mol. The van der Waals surface area contributed by atoms with Crippen LogP contribution in [0.3, 0.4) is 0 Å². The van der Waals surface area contributed by atoms with E-state index in [0.29, 0.717) is 42.9 Å². The van der Waals surface area contributed by atoms with Crippen molar-refractivity contribution >= 4 is 23.1 Å². The molecule has 4 heterocycles. The highest BCUT2D eigenvalue weighted by atomic mass is 19.4. The number of rotatable bonds is 8. The molecule has 0 radical (unpaired) electrons. The molecule has 5 rings (SSSR count). The van der Waals surface area contributed by atoms with Gasteiger partial charge in [0.15, 0.2) is 11.8 Å². The van der Waals surface area contributed by atoms with Gasteiger partial charge in [-0.15, -0.1) is 0 Å². The average molecular weight is 546 g/mol. The minimum absolute atomic E-state index is 0.0325. The van der Waals surface area contributed by atoms with Gasteiger partial charge in [-0.05, 0) is 25.2 Å². The van der Waals surface area contributed by atoms with Crippen LogP contribution in [0.25, 0.3) is 16.9 Å². The number of halogens is 3. The summed E-state index contributed by atoms with van der Waals surface area (Å²) < 4.78 is 40.5. The summed E-state index contributed by atoms with van der Waals surface area (Å²) in [5.74, 6) is -0.894. The minimum Gasteiger partial charge on any atom is -0.382 e. The number of aliphatic hydroxyl groups is 1. The number of amides is 2. The van der Waals surface area contributed by atoms with E-state index in [9.17, 15) is 33.1 Å². The van der Waals surface area contributed by atoms with Gasteiger partial charge in [-0.1, -0.05) is 6.92 Å². The number of hydrogen-bond donors (Lipinski definition) is 3. The van der Waals surface area contributed by atoms with Gasteiger partial charge in [0.25, 0.3) is 5.91 Å². The molecule has 2 fully saturated rings. The molecule has 0 spiro atoms. The summed E-state index contributed by atoms with van der Waals surface area (Å²) >= 11 is 0. The maximum atomic E-state index is 13.0. The van der Waals surface area contributed by atoms with Crippen molar-refractivity contribution in [2.45, 2.75) is 51.1 Å². The Morgan fingerprint density at radius 1 is 1.28 bits per heavy atom. The summed E-state index contributed by atoms with van der Waals surface area (Å²) in [5.41, 5.74) is 6.02. The molecule has 1 saturated heterocycles. The van der Waals surface area contributed by atoms with E-state index in [2.05, 4.69) is 26.6 Å². The summed E-state index contributed by atoms with van der Waals surface area (Å²) in [5, 5.41) is 30.2. The first-order valence-electron chi connectivity index (χ1n) is 12.4. The predicted molar refractivity (Wildman–Crippen MR) is 130 cm³/mol. The van der Waals surface area contributed by atoms with Gasteiger partial charge in [0, 0.05) is 30.9 Å². The number of aromatic nitrogens is 5. The second-order valence-electron chi connectivity index (χ2n) is 10.0. The fourth-order valence-electron chi connectivity index (χ4n) is 4.88. The molecule has 0 bridgehead atoms. The van der Waals surface area contributed by atoms with Crippen LogP contribution >= 0.6 is 0 Å². The highest BCUT2D eigenvalue weighted by Gasteiger charge is 2.54. The van der Waals surface area contributed by atoms with Gasteiger partial charge >= 0.3 is 6.18 Å². The summed E-state index contributed by atoms with van der Waals surface area (Å²) in [6, 6.07) is 1.88.